The van der Waals surface area contributed by atoms with Gasteiger partial charge in [0.15, 0.2) is 0 Å². The lowest BCUT2D eigenvalue weighted by molar-refractivity contribution is -0.137. The Labute approximate surface area is 162 Å². The first-order valence-electron chi connectivity index (χ1n) is 7.54. The van der Waals surface area contributed by atoms with Crippen molar-refractivity contribution >= 4 is 29.0 Å². The Morgan fingerprint density at radius 3 is 2.11 bits per heavy atom. The van der Waals surface area contributed by atoms with Crippen LogP contribution in [-0.4, -0.2) is 4.98 Å². The van der Waals surface area contributed by atoms with E-state index in [1.807, 2.05) is 6.07 Å². The highest BCUT2D eigenvalue weighted by atomic mass is 35.5. The number of benzene rings is 2. The lowest BCUT2D eigenvalue weighted by Crippen LogP contribution is -2.04. The number of pyridine rings is 1. The van der Waals surface area contributed by atoms with Gasteiger partial charge in [-0.15, -0.1) is 0 Å². The summed E-state index contributed by atoms with van der Waals surface area (Å²) in [5.41, 5.74) is 7.01. The molecule has 3 rings (SSSR count). The summed E-state index contributed by atoms with van der Waals surface area (Å²) in [5, 5.41) is 10.1. The van der Waals surface area contributed by atoms with Crippen molar-refractivity contribution in [2.45, 2.75) is 6.18 Å². The smallest absolute Gasteiger partial charge is 0.383 e. The minimum Gasteiger partial charge on any atom is -0.383 e. The highest BCUT2D eigenvalue weighted by Gasteiger charge is 2.30. The zero-order chi connectivity index (χ0) is 19.8. The SMILES string of the molecule is N#Cc1c(-c2ccc(C(F)(F)F)cc2)cc(-c2ccc(Cl)c(Cl)c2)nc1N. The van der Waals surface area contributed by atoms with Gasteiger partial charge in [0.1, 0.15) is 17.5 Å². The molecule has 2 N–H and O–H groups in total. The largest absolute Gasteiger partial charge is 0.416 e. The van der Waals surface area contributed by atoms with Crippen molar-refractivity contribution in [1.82, 2.24) is 4.98 Å². The number of rotatable bonds is 2. The standard InChI is InChI=1S/C19H10Cl2F3N3/c20-15-6-3-11(7-16(15)21)17-8-13(14(9-25)18(26)27-17)10-1-4-12(5-2-10)19(22,23)24/h1-8H,(H2,26,27). The molecule has 0 spiro atoms. The van der Waals surface area contributed by atoms with E-state index in [9.17, 15) is 18.4 Å². The van der Waals surface area contributed by atoms with E-state index in [-0.39, 0.29) is 11.4 Å². The average molecular weight is 408 g/mol. The minimum absolute atomic E-state index is 0.0315. The molecular weight excluding hydrogens is 398 g/mol. The van der Waals surface area contributed by atoms with Crippen LogP contribution in [0.5, 0.6) is 0 Å². The number of hydrogen-bond acceptors (Lipinski definition) is 3. The predicted molar refractivity (Wildman–Crippen MR) is 99.3 cm³/mol. The number of alkyl halides is 3. The molecule has 0 radical (unpaired) electrons. The molecular formula is C19H10Cl2F3N3. The van der Waals surface area contributed by atoms with E-state index < -0.39 is 11.7 Å². The van der Waals surface area contributed by atoms with Crippen molar-refractivity contribution in [2.24, 2.45) is 0 Å². The van der Waals surface area contributed by atoms with E-state index in [0.29, 0.717) is 32.4 Å². The molecule has 136 valence electrons. The fourth-order valence-electron chi connectivity index (χ4n) is 2.55. The van der Waals surface area contributed by atoms with E-state index >= 15 is 0 Å². The van der Waals surface area contributed by atoms with Crippen LogP contribution in [-0.2, 0) is 6.18 Å². The van der Waals surface area contributed by atoms with Gasteiger partial charge in [0.25, 0.3) is 0 Å². The first-order valence-corrected chi connectivity index (χ1v) is 8.30. The Bertz CT molecular complexity index is 1060. The van der Waals surface area contributed by atoms with Crippen LogP contribution in [0.4, 0.5) is 19.0 Å². The minimum atomic E-state index is -4.45. The second-order valence-electron chi connectivity index (χ2n) is 5.63. The molecule has 8 heteroatoms. The highest BCUT2D eigenvalue weighted by molar-refractivity contribution is 6.42. The molecule has 0 aliphatic carbocycles. The monoisotopic (exact) mass is 407 g/mol. The van der Waals surface area contributed by atoms with E-state index in [1.165, 1.54) is 12.1 Å². The number of anilines is 1. The normalized spacial score (nSPS) is 11.3. The van der Waals surface area contributed by atoms with Gasteiger partial charge in [-0.2, -0.15) is 18.4 Å². The number of nitriles is 1. The maximum atomic E-state index is 12.8. The number of nitrogens with two attached hydrogens (primary N) is 1. The van der Waals surface area contributed by atoms with E-state index in [1.54, 1.807) is 24.3 Å². The molecule has 27 heavy (non-hydrogen) atoms. The van der Waals surface area contributed by atoms with Gasteiger partial charge in [0.05, 0.1) is 21.3 Å². The van der Waals surface area contributed by atoms with Crippen molar-refractivity contribution < 1.29 is 13.2 Å². The van der Waals surface area contributed by atoms with Crippen LogP contribution in [0.3, 0.4) is 0 Å². The second-order valence-corrected chi connectivity index (χ2v) is 6.45. The summed E-state index contributed by atoms with van der Waals surface area (Å²) in [5.74, 6) is -0.0315. The Morgan fingerprint density at radius 1 is 0.926 bits per heavy atom. The van der Waals surface area contributed by atoms with Crippen molar-refractivity contribution in [3.05, 3.63) is 69.7 Å². The van der Waals surface area contributed by atoms with Crippen LogP contribution >= 0.6 is 23.2 Å². The second kappa shape index (κ2) is 7.10. The van der Waals surface area contributed by atoms with Crippen molar-refractivity contribution in [1.29, 1.82) is 5.26 Å². The van der Waals surface area contributed by atoms with Crippen LogP contribution < -0.4 is 5.73 Å². The summed E-state index contributed by atoms with van der Waals surface area (Å²) in [6, 6.07) is 12.9. The summed E-state index contributed by atoms with van der Waals surface area (Å²) >= 11 is 11.9. The molecule has 0 bridgehead atoms. The quantitative estimate of drug-likeness (QED) is 0.550. The van der Waals surface area contributed by atoms with E-state index in [4.69, 9.17) is 28.9 Å². The summed E-state index contributed by atoms with van der Waals surface area (Å²) in [7, 11) is 0. The predicted octanol–water partition coefficient (Wildman–Crippen LogP) is 6.20. The first-order chi connectivity index (χ1) is 12.7. The third-order valence-corrected chi connectivity index (χ3v) is 4.64. The van der Waals surface area contributed by atoms with Crippen LogP contribution in [0.15, 0.2) is 48.5 Å². The Kier molecular flexibility index (Phi) is 5.01. The van der Waals surface area contributed by atoms with Gasteiger partial charge >= 0.3 is 6.18 Å². The molecule has 0 saturated carbocycles. The van der Waals surface area contributed by atoms with Crippen LogP contribution in [0.2, 0.25) is 10.0 Å². The van der Waals surface area contributed by atoms with Crippen LogP contribution in [0.1, 0.15) is 11.1 Å². The number of nitrogen functional groups attached to an aromatic ring is 1. The molecule has 1 heterocycles. The molecule has 3 nitrogen and oxygen atoms in total. The maximum absolute atomic E-state index is 12.8. The first kappa shape index (κ1) is 19.0. The fraction of sp³-hybridized carbons (Fsp3) is 0.0526. The Morgan fingerprint density at radius 2 is 1.56 bits per heavy atom. The average Bonchev–Trinajstić information content (AvgIpc) is 2.62. The number of halogens is 5. The van der Waals surface area contributed by atoms with Gasteiger partial charge in [-0.05, 0) is 35.9 Å². The van der Waals surface area contributed by atoms with E-state index in [0.717, 1.165) is 12.1 Å². The van der Waals surface area contributed by atoms with Gasteiger partial charge in [-0.1, -0.05) is 41.4 Å². The van der Waals surface area contributed by atoms with Crippen molar-refractivity contribution in [2.75, 3.05) is 5.73 Å². The molecule has 2 aromatic carbocycles. The number of nitrogens with zero attached hydrogens (tertiary/aromatic N) is 2. The molecule has 0 saturated heterocycles. The molecule has 0 unspecified atom stereocenters. The Hall–Kier alpha value is -2.75. The molecule has 0 amide bonds. The molecule has 0 fully saturated rings. The van der Waals surface area contributed by atoms with Gasteiger partial charge in [-0.25, -0.2) is 4.98 Å². The summed E-state index contributed by atoms with van der Waals surface area (Å²) in [6.45, 7) is 0. The number of hydrogen-bond donors (Lipinski definition) is 1. The third kappa shape index (κ3) is 3.85. The van der Waals surface area contributed by atoms with Crippen molar-refractivity contribution in [3.63, 3.8) is 0 Å². The highest BCUT2D eigenvalue weighted by Crippen LogP contribution is 2.35. The zero-order valence-electron chi connectivity index (χ0n) is 13.5. The number of aromatic nitrogens is 1. The fourth-order valence-corrected chi connectivity index (χ4v) is 2.85. The lowest BCUT2D eigenvalue weighted by atomic mass is 9.97. The van der Waals surface area contributed by atoms with Gasteiger partial charge in [0, 0.05) is 11.1 Å². The topological polar surface area (TPSA) is 62.7 Å². The lowest BCUT2D eigenvalue weighted by Gasteiger charge is -2.12. The molecule has 3 aromatic rings. The van der Waals surface area contributed by atoms with Gasteiger partial charge in [0.2, 0.25) is 0 Å². The molecule has 0 atom stereocenters. The van der Waals surface area contributed by atoms with Gasteiger partial charge in [-0.3, -0.25) is 0 Å². The summed E-state index contributed by atoms with van der Waals surface area (Å²) in [4.78, 5) is 4.20. The molecule has 1 aromatic heterocycles. The summed E-state index contributed by atoms with van der Waals surface area (Å²) < 4.78 is 38.3. The van der Waals surface area contributed by atoms with Crippen molar-refractivity contribution in [3.8, 4) is 28.5 Å². The molecule has 0 aliphatic heterocycles. The van der Waals surface area contributed by atoms with Gasteiger partial charge < -0.3 is 5.73 Å². The maximum Gasteiger partial charge on any atom is 0.416 e. The van der Waals surface area contributed by atoms with Crippen LogP contribution in [0, 0.1) is 11.3 Å². The zero-order valence-corrected chi connectivity index (χ0v) is 15.0. The third-order valence-electron chi connectivity index (χ3n) is 3.90. The van der Waals surface area contributed by atoms with Crippen LogP contribution in [0.25, 0.3) is 22.4 Å². The van der Waals surface area contributed by atoms with E-state index in [2.05, 4.69) is 4.98 Å². The summed E-state index contributed by atoms with van der Waals surface area (Å²) in [6.07, 6.45) is -4.45. The Balaban J connectivity index is 2.16. The molecule has 0 aliphatic rings.